The SMILES string of the molecule is C[C@H]1C=C[C@@H]2[C@@H](CCC[C@H]2O)[C@@H]1c1cc(NCCO)c(C=O)c(=O)o1. The maximum atomic E-state index is 12.3. The van der Waals surface area contributed by atoms with Gasteiger partial charge in [0.05, 0.1) is 18.4 Å². The average Bonchev–Trinajstić information content (AvgIpc) is 2.59. The smallest absolute Gasteiger partial charge is 0.348 e. The molecule has 1 fully saturated rings. The summed E-state index contributed by atoms with van der Waals surface area (Å²) >= 11 is 0. The Morgan fingerprint density at radius 2 is 2.16 bits per heavy atom. The van der Waals surface area contributed by atoms with Crippen LogP contribution < -0.4 is 10.9 Å². The monoisotopic (exact) mass is 347 g/mol. The zero-order valence-corrected chi connectivity index (χ0v) is 14.4. The minimum Gasteiger partial charge on any atom is -0.427 e. The first-order valence-electron chi connectivity index (χ1n) is 8.91. The summed E-state index contributed by atoms with van der Waals surface area (Å²) in [6.07, 6.45) is 7.01. The van der Waals surface area contributed by atoms with Crippen LogP contribution in [0.15, 0.2) is 27.4 Å². The van der Waals surface area contributed by atoms with E-state index in [9.17, 15) is 14.7 Å². The third-order valence-electron chi connectivity index (χ3n) is 5.52. The molecule has 0 saturated heterocycles. The Kier molecular flexibility index (Phi) is 5.39. The fourth-order valence-electron chi connectivity index (χ4n) is 4.34. The Morgan fingerprint density at radius 1 is 1.36 bits per heavy atom. The summed E-state index contributed by atoms with van der Waals surface area (Å²) in [5, 5.41) is 22.3. The second-order valence-corrected chi connectivity index (χ2v) is 7.04. The predicted molar refractivity (Wildman–Crippen MR) is 93.8 cm³/mol. The molecule has 136 valence electrons. The van der Waals surface area contributed by atoms with Gasteiger partial charge in [0.25, 0.3) is 0 Å². The molecular formula is C19H25NO5. The number of anilines is 1. The van der Waals surface area contributed by atoms with Crippen LogP contribution >= 0.6 is 0 Å². The summed E-state index contributed by atoms with van der Waals surface area (Å²) in [7, 11) is 0. The van der Waals surface area contributed by atoms with E-state index in [0.717, 1.165) is 19.3 Å². The topological polar surface area (TPSA) is 99.8 Å². The van der Waals surface area contributed by atoms with Crippen molar-refractivity contribution in [1.29, 1.82) is 0 Å². The van der Waals surface area contributed by atoms with Gasteiger partial charge in [-0.3, -0.25) is 4.79 Å². The van der Waals surface area contributed by atoms with E-state index in [0.29, 0.717) is 17.7 Å². The number of hydrogen-bond donors (Lipinski definition) is 3. The standard InChI is InChI=1S/C19H25NO5/c1-11-5-6-12-13(3-2-4-16(12)23)18(11)17-9-15(20-7-8-21)14(10-22)19(24)25-17/h5-6,9-13,16,18,20-21,23H,2-4,7-8H2,1H3/t11-,12+,13+,16+,18+/m0/s1. The number of carbonyl (C=O) groups excluding carboxylic acids is 1. The summed E-state index contributed by atoms with van der Waals surface area (Å²) < 4.78 is 5.51. The molecule has 0 unspecified atom stereocenters. The van der Waals surface area contributed by atoms with Gasteiger partial charge < -0.3 is 19.9 Å². The van der Waals surface area contributed by atoms with Gasteiger partial charge in [0.15, 0.2) is 6.29 Å². The van der Waals surface area contributed by atoms with Gasteiger partial charge in [-0.15, -0.1) is 0 Å². The van der Waals surface area contributed by atoms with Crippen LogP contribution in [0.2, 0.25) is 0 Å². The molecule has 2 aliphatic carbocycles. The third-order valence-corrected chi connectivity index (χ3v) is 5.52. The largest absolute Gasteiger partial charge is 0.427 e. The van der Waals surface area contributed by atoms with Crippen molar-refractivity contribution in [3.8, 4) is 0 Å². The lowest BCUT2D eigenvalue weighted by molar-refractivity contribution is 0.0333. The first-order chi connectivity index (χ1) is 12.1. The van der Waals surface area contributed by atoms with E-state index in [4.69, 9.17) is 9.52 Å². The summed E-state index contributed by atoms with van der Waals surface area (Å²) in [6, 6.07) is 1.71. The van der Waals surface area contributed by atoms with Crippen LogP contribution in [0.1, 0.15) is 48.2 Å². The van der Waals surface area contributed by atoms with E-state index in [1.807, 2.05) is 0 Å². The number of aldehydes is 1. The lowest BCUT2D eigenvalue weighted by Crippen LogP contribution is -2.39. The number of carbonyl (C=O) groups is 1. The Morgan fingerprint density at radius 3 is 2.88 bits per heavy atom. The third kappa shape index (κ3) is 3.41. The van der Waals surface area contributed by atoms with Gasteiger partial charge in [-0.1, -0.05) is 25.5 Å². The number of hydrogen-bond acceptors (Lipinski definition) is 6. The minimum absolute atomic E-state index is 0.0203. The molecular weight excluding hydrogens is 322 g/mol. The Bertz CT molecular complexity index is 710. The molecule has 5 atom stereocenters. The van der Waals surface area contributed by atoms with Gasteiger partial charge in [0.2, 0.25) is 0 Å². The zero-order chi connectivity index (χ0) is 18.0. The van der Waals surface area contributed by atoms with Crippen LogP contribution in [-0.2, 0) is 0 Å². The van der Waals surface area contributed by atoms with Gasteiger partial charge in [0.1, 0.15) is 11.3 Å². The van der Waals surface area contributed by atoms with E-state index in [1.54, 1.807) is 6.07 Å². The molecule has 0 spiro atoms. The highest BCUT2D eigenvalue weighted by Gasteiger charge is 2.42. The Labute approximate surface area is 146 Å². The van der Waals surface area contributed by atoms with Crippen molar-refractivity contribution in [3.05, 3.63) is 40.0 Å². The Hall–Kier alpha value is -1.92. The van der Waals surface area contributed by atoms with Gasteiger partial charge in [-0.2, -0.15) is 0 Å². The van der Waals surface area contributed by atoms with Crippen LogP contribution in [-0.4, -0.2) is 35.8 Å². The Balaban J connectivity index is 2.02. The fourth-order valence-corrected chi connectivity index (χ4v) is 4.34. The fraction of sp³-hybridized carbons (Fsp3) is 0.579. The van der Waals surface area contributed by atoms with Crippen molar-refractivity contribution in [3.63, 3.8) is 0 Å². The van der Waals surface area contributed by atoms with Gasteiger partial charge in [0, 0.05) is 24.4 Å². The number of nitrogens with one attached hydrogen (secondary N) is 1. The van der Waals surface area contributed by atoms with Crippen LogP contribution in [0, 0.1) is 17.8 Å². The summed E-state index contributed by atoms with van der Waals surface area (Å²) in [4.78, 5) is 23.5. The van der Waals surface area contributed by atoms with Crippen molar-refractivity contribution < 1.29 is 19.4 Å². The van der Waals surface area contributed by atoms with Crippen LogP contribution in [0.25, 0.3) is 0 Å². The molecule has 6 nitrogen and oxygen atoms in total. The molecule has 1 saturated carbocycles. The first-order valence-corrected chi connectivity index (χ1v) is 8.91. The second-order valence-electron chi connectivity index (χ2n) is 7.04. The highest BCUT2D eigenvalue weighted by Crippen LogP contribution is 2.48. The van der Waals surface area contributed by atoms with E-state index in [1.165, 1.54) is 0 Å². The van der Waals surface area contributed by atoms with Crippen molar-refractivity contribution in [2.45, 2.75) is 38.2 Å². The lowest BCUT2D eigenvalue weighted by atomic mass is 9.63. The quantitative estimate of drug-likeness (QED) is 0.556. The van der Waals surface area contributed by atoms with E-state index in [-0.39, 0.29) is 48.5 Å². The normalized spacial score (nSPS) is 31.4. The van der Waals surface area contributed by atoms with Gasteiger partial charge in [-0.25, -0.2) is 4.79 Å². The number of allylic oxidation sites excluding steroid dienone is 1. The molecule has 1 aromatic rings. The first kappa shape index (κ1) is 17.9. The molecule has 0 aromatic carbocycles. The molecule has 2 aliphatic rings. The molecule has 0 bridgehead atoms. The minimum atomic E-state index is -0.664. The molecule has 0 radical (unpaired) electrons. The molecule has 25 heavy (non-hydrogen) atoms. The van der Waals surface area contributed by atoms with Crippen LogP contribution in [0.3, 0.4) is 0 Å². The highest BCUT2D eigenvalue weighted by atomic mass is 16.4. The number of aliphatic hydroxyl groups is 2. The molecule has 1 heterocycles. The van der Waals surface area contributed by atoms with Crippen molar-refractivity contribution >= 4 is 12.0 Å². The second kappa shape index (κ2) is 7.54. The lowest BCUT2D eigenvalue weighted by Gasteiger charge is -2.43. The average molecular weight is 347 g/mol. The molecule has 0 amide bonds. The maximum absolute atomic E-state index is 12.3. The van der Waals surface area contributed by atoms with E-state index < -0.39 is 5.63 Å². The van der Waals surface area contributed by atoms with Gasteiger partial charge in [-0.05, 0) is 24.7 Å². The summed E-state index contributed by atoms with van der Waals surface area (Å²) in [5.41, 5.74) is -0.330. The zero-order valence-electron chi connectivity index (χ0n) is 14.4. The molecule has 0 aliphatic heterocycles. The molecule has 3 N–H and O–H groups in total. The van der Waals surface area contributed by atoms with Crippen LogP contribution in [0.4, 0.5) is 5.69 Å². The molecule has 3 rings (SSSR count). The predicted octanol–water partition coefficient (Wildman–Crippen LogP) is 1.92. The van der Waals surface area contributed by atoms with Crippen molar-refractivity contribution in [1.82, 2.24) is 0 Å². The highest BCUT2D eigenvalue weighted by molar-refractivity contribution is 5.83. The summed E-state index contributed by atoms with van der Waals surface area (Å²) in [5.74, 6) is 0.965. The van der Waals surface area contributed by atoms with E-state index in [2.05, 4.69) is 24.4 Å². The maximum Gasteiger partial charge on any atom is 0.348 e. The molecule has 6 heteroatoms. The van der Waals surface area contributed by atoms with E-state index >= 15 is 0 Å². The number of aliphatic hydroxyl groups excluding tert-OH is 2. The van der Waals surface area contributed by atoms with Crippen molar-refractivity contribution in [2.75, 3.05) is 18.5 Å². The van der Waals surface area contributed by atoms with Gasteiger partial charge >= 0.3 is 5.63 Å². The number of rotatable bonds is 5. The van der Waals surface area contributed by atoms with Crippen molar-refractivity contribution in [2.24, 2.45) is 17.8 Å². The van der Waals surface area contributed by atoms with Crippen LogP contribution in [0.5, 0.6) is 0 Å². The summed E-state index contributed by atoms with van der Waals surface area (Å²) in [6.45, 7) is 2.22. The molecule has 1 aromatic heterocycles. The number of fused-ring (bicyclic) bond motifs is 1.